The number of rotatable bonds is 9. The third-order valence-corrected chi connectivity index (χ3v) is 4.07. The van der Waals surface area contributed by atoms with Crippen LogP contribution in [-0.4, -0.2) is 38.2 Å². The monoisotopic (exact) mass is 390 g/mol. The number of hydrogen-bond acceptors (Lipinski definition) is 5. The minimum atomic E-state index is -0.628. The molecule has 0 aliphatic heterocycles. The third-order valence-electron chi connectivity index (χ3n) is 3.81. The van der Waals surface area contributed by atoms with E-state index >= 15 is 0 Å². The zero-order valence-corrected chi connectivity index (χ0v) is 16.2. The van der Waals surface area contributed by atoms with Gasteiger partial charge in [-0.25, -0.2) is 4.79 Å². The van der Waals surface area contributed by atoms with E-state index < -0.39 is 11.9 Å². The Hall–Kier alpha value is -2.73. The molecule has 0 aliphatic rings. The first kappa shape index (κ1) is 20.6. The van der Waals surface area contributed by atoms with Crippen LogP contribution in [0.15, 0.2) is 48.5 Å². The zero-order chi connectivity index (χ0) is 19.6. The molecule has 1 N–H and O–H groups in total. The minimum Gasteiger partial charge on any atom is -0.482 e. The number of nitrogens with one attached hydrogen (secondary N) is 1. The van der Waals surface area contributed by atoms with Crippen molar-refractivity contribution in [3.63, 3.8) is 0 Å². The summed E-state index contributed by atoms with van der Waals surface area (Å²) in [6.07, 6.45) is 0. The van der Waals surface area contributed by atoms with Crippen molar-refractivity contribution >= 4 is 34.9 Å². The van der Waals surface area contributed by atoms with Gasteiger partial charge in [-0.2, -0.15) is 0 Å². The quantitative estimate of drug-likeness (QED) is 0.660. The predicted octanol–water partition coefficient (Wildman–Crippen LogP) is 3.75. The molecule has 7 heteroatoms. The normalized spacial score (nSPS) is 10.2. The number of amides is 1. The van der Waals surface area contributed by atoms with Crippen molar-refractivity contribution in [2.75, 3.05) is 36.5 Å². The molecule has 0 atom stereocenters. The number of halogens is 1. The molecular weight excluding hydrogens is 368 g/mol. The highest BCUT2D eigenvalue weighted by atomic mass is 35.5. The van der Waals surface area contributed by atoms with Crippen LogP contribution >= 0.6 is 11.6 Å². The summed E-state index contributed by atoms with van der Waals surface area (Å²) in [6, 6.07) is 14.1. The lowest BCUT2D eigenvalue weighted by atomic mass is 10.2. The maximum Gasteiger partial charge on any atom is 0.344 e. The average molecular weight is 391 g/mol. The highest BCUT2D eigenvalue weighted by Crippen LogP contribution is 2.18. The van der Waals surface area contributed by atoms with Gasteiger partial charge in [0.15, 0.2) is 13.2 Å². The zero-order valence-electron chi connectivity index (χ0n) is 15.4. The fourth-order valence-electron chi connectivity index (χ4n) is 2.40. The Bertz CT molecular complexity index is 744. The highest BCUT2D eigenvalue weighted by Gasteiger charge is 2.09. The molecule has 0 fully saturated rings. The fraction of sp³-hybridized carbons (Fsp3) is 0.300. The number of esters is 1. The lowest BCUT2D eigenvalue weighted by Gasteiger charge is -2.21. The van der Waals surface area contributed by atoms with Gasteiger partial charge in [0.1, 0.15) is 5.75 Å². The van der Waals surface area contributed by atoms with Crippen LogP contribution in [0.4, 0.5) is 11.4 Å². The van der Waals surface area contributed by atoms with Crippen LogP contribution in [0.2, 0.25) is 5.02 Å². The van der Waals surface area contributed by atoms with Crippen molar-refractivity contribution in [2.24, 2.45) is 0 Å². The molecule has 0 heterocycles. The summed E-state index contributed by atoms with van der Waals surface area (Å²) in [5.74, 6) is -0.545. The summed E-state index contributed by atoms with van der Waals surface area (Å²) in [7, 11) is 0. The van der Waals surface area contributed by atoms with Crippen LogP contribution in [-0.2, 0) is 14.3 Å². The number of anilines is 2. The van der Waals surface area contributed by atoms with E-state index in [1.165, 1.54) is 0 Å². The molecule has 0 radical (unpaired) electrons. The number of ether oxygens (including phenoxy) is 2. The standard InChI is InChI=1S/C20H23ClN2O4/c1-3-23(4-2)17-9-7-16(8-10-17)22-19(24)13-27-20(25)14-26-18-11-5-15(21)6-12-18/h5-12H,3-4,13-14H2,1-2H3,(H,22,24). The lowest BCUT2D eigenvalue weighted by Crippen LogP contribution is -2.24. The molecule has 0 unspecified atom stereocenters. The first-order valence-corrected chi connectivity index (χ1v) is 9.08. The summed E-state index contributed by atoms with van der Waals surface area (Å²) in [4.78, 5) is 25.8. The van der Waals surface area contributed by atoms with E-state index in [1.807, 2.05) is 24.3 Å². The van der Waals surface area contributed by atoms with Gasteiger partial charge in [-0.1, -0.05) is 11.6 Å². The second-order valence-corrected chi connectivity index (χ2v) is 6.11. The molecule has 0 bridgehead atoms. The molecule has 6 nitrogen and oxygen atoms in total. The van der Waals surface area contributed by atoms with E-state index in [9.17, 15) is 9.59 Å². The molecule has 0 saturated carbocycles. The van der Waals surface area contributed by atoms with Crippen molar-refractivity contribution < 1.29 is 19.1 Å². The van der Waals surface area contributed by atoms with Gasteiger partial charge in [0.25, 0.3) is 5.91 Å². The van der Waals surface area contributed by atoms with E-state index in [-0.39, 0.29) is 13.2 Å². The maximum atomic E-state index is 11.9. The minimum absolute atomic E-state index is 0.284. The molecule has 0 aliphatic carbocycles. The SMILES string of the molecule is CCN(CC)c1ccc(NC(=O)COC(=O)COc2ccc(Cl)cc2)cc1. The van der Waals surface area contributed by atoms with Gasteiger partial charge < -0.3 is 19.7 Å². The molecular formula is C20H23ClN2O4. The van der Waals surface area contributed by atoms with Crippen LogP contribution < -0.4 is 15.0 Å². The van der Waals surface area contributed by atoms with Crippen molar-refractivity contribution in [1.29, 1.82) is 0 Å². The van der Waals surface area contributed by atoms with Crippen LogP contribution in [0.5, 0.6) is 5.75 Å². The topological polar surface area (TPSA) is 67.9 Å². The second-order valence-electron chi connectivity index (χ2n) is 5.67. The van der Waals surface area contributed by atoms with E-state index in [0.717, 1.165) is 18.8 Å². The first-order chi connectivity index (χ1) is 13.0. The molecule has 144 valence electrons. The number of carbonyl (C=O) groups excluding carboxylic acids is 2. The van der Waals surface area contributed by atoms with Crippen LogP contribution in [0.3, 0.4) is 0 Å². The Kier molecular flexibility index (Phi) is 7.95. The summed E-state index contributed by atoms with van der Waals surface area (Å²) in [5.41, 5.74) is 1.73. The summed E-state index contributed by atoms with van der Waals surface area (Å²) < 4.78 is 10.2. The second kappa shape index (κ2) is 10.4. The Morgan fingerprint density at radius 2 is 1.59 bits per heavy atom. The first-order valence-electron chi connectivity index (χ1n) is 8.70. The van der Waals surface area contributed by atoms with E-state index in [2.05, 4.69) is 24.1 Å². The Morgan fingerprint density at radius 3 is 2.19 bits per heavy atom. The van der Waals surface area contributed by atoms with E-state index in [1.54, 1.807) is 24.3 Å². The Labute approximate surface area is 164 Å². The number of carbonyl (C=O) groups is 2. The smallest absolute Gasteiger partial charge is 0.344 e. The maximum absolute atomic E-state index is 11.9. The third kappa shape index (κ3) is 6.83. The fourth-order valence-corrected chi connectivity index (χ4v) is 2.53. The molecule has 2 aromatic carbocycles. The molecule has 0 saturated heterocycles. The Balaban J connectivity index is 1.73. The van der Waals surface area contributed by atoms with Gasteiger partial charge in [-0.15, -0.1) is 0 Å². The summed E-state index contributed by atoms with van der Waals surface area (Å²) in [5, 5.41) is 3.26. The van der Waals surface area contributed by atoms with E-state index in [0.29, 0.717) is 16.5 Å². The van der Waals surface area contributed by atoms with Crippen LogP contribution in [0.1, 0.15) is 13.8 Å². The Morgan fingerprint density at radius 1 is 0.963 bits per heavy atom. The molecule has 0 spiro atoms. The molecule has 0 aromatic heterocycles. The molecule has 1 amide bonds. The lowest BCUT2D eigenvalue weighted by molar-refractivity contribution is -0.149. The van der Waals surface area contributed by atoms with Gasteiger partial charge in [0.05, 0.1) is 0 Å². The number of hydrogen-bond donors (Lipinski definition) is 1. The predicted molar refractivity (Wildman–Crippen MR) is 107 cm³/mol. The number of benzene rings is 2. The summed E-state index contributed by atoms with van der Waals surface area (Å²) >= 11 is 5.77. The molecule has 2 rings (SSSR count). The molecule has 2 aromatic rings. The highest BCUT2D eigenvalue weighted by molar-refractivity contribution is 6.30. The van der Waals surface area contributed by atoms with Crippen molar-refractivity contribution in [3.8, 4) is 5.75 Å². The average Bonchev–Trinajstić information content (AvgIpc) is 2.68. The van der Waals surface area contributed by atoms with Crippen LogP contribution in [0.25, 0.3) is 0 Å². The van der Waals surface area contributed by atoms with Gasteiger partial charge in [0, 0.05) is 29.5 Å². The van der Waals surface area contributed by atoms with Gasteiger partial charge >= 0.3 is 5.97 Å². The van der Waals surface area contributed by atoms with Crippen molar-refractivity contribution in [3.05, 3.63) is 53.6 Å². The van der Waals surface area contributed by atoms with Crippen molar-refractivity contribution in [1.82, 2.24) is 0 Å². The van der Waals surface area contributed by atoms with Crippen molar-refractivity contribution in [2.45, 2.75) is 13.8 Å². The van der Waals surface area contributed by atoms with Gasteiger partial charge in [-0.05, 0) is 62.4 Å². The van der Waals surface area contributed by atoms with Gasteiger partial charge in [0.2, 0.25) is 0 Å². The summed E-state index contributed by atoms with van der Waals surface area (Å²) in [6.45, 7) is 5.34. The van der Waals surface area contributed by atoms with E-state index in [4.69, 9.17) is 21.1 Å². The largest absolute Gasteiger partial charge is 0.482 e. The molecule has 27 heavy (non-hydrogen) atoms. The number of nitrogens with zero attached hydrogens (tertiary/aromatic N) is 1. The van der Waals surface area contributed by atoms with Gasteiger partial charge in [-0.3, -0.25) is 4.79 Å². The van der Waals surface area contributed by atoms with Crippen LogP contribution in [0, 0.1) is 0 Å².